The van der Waals surface area contributed by atoms with Crippen molar-refractivity contribution >= 4 is 11.6 Å². The number of halogens is 1. The van der Waals surface area contributed by atoms with Gasteiger partial charge in [-0.25, -0.2) is 0 Å². The minimum Gasteiger partial charge on any atom is -0.492 e. The van der Waals surface area contributed by atoms with Gasteiger partial charge in [-0.05, 0) is 38.2 Å². The molecule has 0 atom stereocenters. The minimum atomic E-state index is 0.647. The largest absolute Gasteiger partial charge is 0.492 e. The van der Waals surface area contributed by atoms with Crippen LogP contribution < -0.4 is 4.74 Å². The van der Waals surface area contributed by atoms with E-state index >= 15 is 0 Å². The normalized spacial score (nSPS) is 10.7. The van der Waals surface area contributed by atoms with Gasteiger partial charge in [-0.2, -0.15) is 0 Å². The van der Waals surface area contributed by atoms with Crippen LogP contribution in [0.15, 0.2) is 18.2 Å². The van der Waals surface area contributed by atoms with Gasteiger partial charge in [-0.1, -0.05) is 24.6 Å². The molecule has 2 nitrogen and oxygen atoms in total. The summed E-state index contributed by atoms with van der Waals surface area (Å²) in [7, 11) is 2.09. The molecule has 0 saturated carbocycles. The highest BCUT2D eigenvalue weighted by atomic mass is 35.5. The van der Waals surface area contributed by atoms with Crippen molar-refractivity contribution in [1.82, 2.24) is 4.90 Å². The lowest BCUT2D eigenvalue weighted by molar-refractivity contribution is 0.337. The first-order chi connectivity index (χ1) is 7.17. The number of hydrogen-bond acceptors (Lipinski definition) is 2. The van der Waals surface area contributed by atoms with Crippen LogP contribution in [0.1, 0.15) is 19.4 Å². The van der Waals surface area contributed by atoms with Gasteiger partial charge >= 0.3 is 0 Å². The van der Waals surface area contributed by atoms with Gasteiger partial charge in [-0.3, -0.25) is 0 Å². The summed E-state index contributed by atoms with van der Waals surface area (Å²) in [4.78, 5) is 2.23. The van der Waals surface area contributed by atoms with Gasteiger partial charge in [0, 0.05) is 6.54 Å². The third kappa shape index (κ3) is 3.73. The molecule has 0 heterocycles. The van der Waals surface area contributed by atoms with E-state index in [1.165, 1.54) is 5.56 Å². The Kier molecular flexibility index (Phi) is 4.92. The molecule has 0 bridgehead atoms. The Morgan fingerprint density at radius 2 is 2.07 bits per heavy atom. The Balaban J connectivity index is 2.73. The van der Waals surface area contributed by atoms with E-state index in [-0.39, 0.29) is 0 Å². The summed E-state index contributed by atoms with van der Waals surface area (Å²) in [6, 6.07) is 5.96. The monoisotopic (exact) mass is 227 g/mol. The van der Waals surface area contributed by atoms with Crippen molar-refractivity contribution in [3.05, 3.63) is 28.8 Å². The first kappa shape index (κ1) is 12.3. The van der Waals surface area contributed by atoms with Crippen LogP contribution in [0, 0.1) is 0 Å². The molecule has 0 fully saturated rings. The van der Waals surface area contributed by atoms with E-state index in [0.717, 1.165) is 18.8 Å². The fraction of sp³-hybridized carbons (Fsp3) is 0.500. The van der Waals surface area contributed by atoms with Crippen LogP contribution in [-0.4, -0.2) is 25.1 Å². The number of ether oxygens (including phenoxy) is 1. The van der Waals surface area contributed by atoms with E-state index < -0.39 is 0 Å². The molecule has 1 aromatic rings. The predicted molar refractivity (Wildman–Crippen MR) is 64.6 cm³/mol. The summed E-state index contributed by atoms with van der Waals surface area (Å²) < 4.78 is 5.38. The lowest BCUT2D eigenvalue weighted by Gasteiger charge is -2.14. The second-order valence-electron chi connectivity index (χ2n) is 3.53. The van der Waals surface area contributed by atoms with Gasteiger partial charge in [0.05, 0.1) is 11.6 Å². The first-order valence-corrected chi connectivity index (χ1v) is 5.65. The summed E-state index contributed by atoms with van der Waals surface area (Å²) in [6.45, 7) is 6.69. The van der Waals surface area contributed by atoms with E-state index in [0.29, 0.717) is 11.6 Å². The maximum Gasteiger partial charge on any atom is 0.137 e. The van der Waals surface area contributed by atoms with Crippen molar-refractivity contribution < 1.29 is 4.74 Å². The Hall–Kier alpha value is -0.730. The van der Waals surface area contributed by atoms with Crippen LogP contribution in [-0.2, 0) is 6.54 Å². The molecule has 0 N–H and O–H groups in total. The number of hydrogen-bond donors (Lipinski definition) is 0. The smallest absolute Gasteiger partial charge is 0.137 e. The average molecular weight is 228 g/mol. The third-order valence-corrected chi connectivity index (χ3v) is 2.58. The number of nitrogens with zero attached hydrogens (tertiary/aromatic N) is 1. The van der Waals surface area contributed by atoms with Gasteiger partial charge in [0.25, 0.3) is 0 Å². The summed E-state index contributed by atoms with van der Waals surface area (Å²) in [5.74, 6) is 0.766. The molecule has 0 aliphatic carbocycles. The van der Waals surface area contributed by atoms with Crippen molar-refractivity contribution in [2.24, 2.45) is 0 Å². The Bertz CT molecular complexity index is 314. The fourth-order valence-corrected chi connectivity index (χ4v) is 1.60. The van der Waals surface area contributed by atoms with Gasteiger partial charge in [0.2, 0.25) is 0 Å². The molecular formula is C12H18ClNO. The van der Waals surface area contributed by atoms with Crippen LogP contribution >= 0.6 is 11.6 Å². The maximum absolute atomic E-state index is 6.09. The molecule has 0 radical (unpaired) electrons. The molecule has 0 unspecified atom stereocenters. The first-order valence-electron chi connectivity index (χ1n) is 5.27. The highest BCUT2D eigenvalue weighted by molar-refractivity contribution is 6.32. The van der Waals surface area contributed by atoms with Gasteiger partial charge in [-0.15, -0.1) is 0 Å². The zero-order valence-electron chi connectivity index (χ0n) is 9.59. The summed E-state index contributed by atoms with van der Waals surface area (Å²) in [5, 5.41) is 0.693. The molecule has 84 valence electrons. The van der Waals surface area contributed by atoms with Crippen LogP contribution in [0.25, 0.3) is 0 Å². The molecule has 0 amide bonds. The van der Waals surface area contributed by atoms with Crippen molar-refractivity contribution in [2.45, 2.75) is 20.4 Å². The summed E-state index contributed by atoms with van der Waals surface area (Å²) in [5.41, 5.74) is 1.22. The lowest BCUT2D eigenvalue weighted by atomic mass is 10.2. The van der Waals surface area contributed by atoms with E-state index in [1.807, 2.05) is 19.1 Å². The Morgan fingerprint density at radius 3 is 2.60 bits per heavy atom. The quantitative estimate of drug-likeness (QED) is 0.766. The van der Waals surface area contributed by atoms with Crippen molar-refractivity contribution in [2.75, 3.05) is 20.2 Å². The van der Waals surface area contributed by atoms with Crippen molar-refractivity contribution in [3.8, 4) is 5.75 Å². The number of rotatable bonds is 5. The molecule has 3 heteroatoms. The number of benzene rings is 1. The van der Waals surface area contributed by atoms with E-state index in [1.54, 1.807) is 0 Å². The Morgan fingerprint density at radius 1 is 1.33 bits per heavy atom. The van der Waals surface area contributed by atoms with Crippen LogP contribution in [0.4, 0.5) is 0 Å². The predicted octanol–water partition coefficient (Wildman–Crippen LogP) is 3.19. The van der Waals surface area contributed by atoms with Gasteiger partial charge in [0.1, 0.15) is 5.75 Å². The Labute approximate surface area is 96.8 Å². The summed E-state index contributed by atoms with van der Waals surface area (Å²) in [6.07, 6.45) is 0. The van der Waals surface area contributed by atoms with E-state index in [4.69, 9.17) is 16.3 Å². The van der Waals surface area contributed by atoms with Gasteiger partial charge in [0.15, 0.2) is 0 Å². The standard InChI is InChI=1S/C12H18ClNO/c1-4-14(3)9-10-6-7-12(15-5-2)11(13)8-10/h6-8H,4-5,9H2,1-3H3. The average Bonchev–Trinajstić information content (AvgIpc) is 2.22. The molecule has 0 saturated heterocycles. The highest BCUT2D eigenvalue weighted by Gasteiger charge is 2.03. The van der Waals surface area contributed by atoms with E-state index in [2.05, 4.69) is 24.9 Å². The molecule has 0 aromatic heterocycles. The van der Waals surface area contributed by atoms with Crippen LogP contribution in [0.3, 0.4) is 0 Å². The van der Waals surface area contributed by atoms with Crippen LogP contribution in [0.2, 0.25) is 5.02 Å². The lowest BCUT2D eigenvalue weighted by Crippen LogP contribution is -2.16. The molecule has 0 spiro atoms. The minimum absolute atomic E-state index is 0.647. The fourth-order valence-electron chi connectivity index (χ4n) is 1.34. The third-order valence-electron chi connectivity index (χ3n) is 2.29. The van der Waals surface area contributed by atoms with Crippen molar-refractivity contribution in [1.29, 1.82) is 0 Å². The van der Waals surface area contributed by atoms with Crippen molar-refractivity contribution in [3.63, 3.8) is 0 Å². The second kappa shape index (κ2) is 5.99. The second-order valence-corrected chi connectivity index (χ2v) is 3.94. The molecule has 1 aromatic carbocycles. The summed E-state index contributed by atoms with van der Waals surface area (Å²) >= 11 is 6.09. The molecule has 1 rings (SSSR count). The zero-order chi connectivity index (χ0) is 11.3. The topological polar surface area (TPSA) is 12.5 Å². The zero-order valence-corrected chi connectivity index (χ0v) is 10.3. The molecule has 0 aliphatic heterocycles. The van der Waals surface area contributed by atoms with Gasteiger partial charge < -0.3 is 9.64 Å². The SMILES string of the molecule is CCOc1ccc(CN(C)CC)cc1Cl. The maximum atomic E-state index is 6.09. The molecular weight excluding hydrogens is 210 g/mol. The van der Waals surface area contributed by atoms with Crippen LogP contribution in [0.5, 0.6) is 5.75 Å². The molecule has 0 aliphatic rings. The highest BCUT2D eigenvalue weighted by Crippen LogP contribution is 2.25. The van der Waals surface area contributed by atoms with E-state index in [9.17, 15) is 0 Å². The molecule has 15 heavy (non-hydrogen) atoms.